The molecule has 2 rings (SSSR count). The number of rotatable bonds is 7. The van der Waals surface area contributed by atoms with Crippen LogP contribution in [0.4, 0.5) is 0 Å². The number of likely N-dealkylation sites (tertiary alicyclic amines) is 1. The fourth-order valence-electron chi connectivity index (χ4n) is 3.03. The van der Waals surface area contributed by atoms with Crippen LogP contribution in [0, 0.1) is 5.92 Å². The first-order valence-corrected chi connectivity index (χ1v) is 8.37. The quantitative estimate of drug-likeness (QED) is 0.757. The molecule has 1 fully saturated rings. The van der Waals surface area contributed by atoms with Crippen LogP contribution in [0.2, 0.25) is 0 Å². The summed E-state index contributed by atoms with van der Waals surface area (Å²) in [4.78, 5) is 25.1. The SMILES string of the molecule is COCC[C@]1(O)CCN(C(=O)c2ccc(OCC(N)=O)cc2)C[C@H]1C. The summed E-state index contributed by atoms with van der Waals surface area (Å²) in [5.74, 6) is -0.180. The molecule has 1 aliphatic rings. The number of ether oxygens (including phenoxy) is 2. The smallest absolute Gasteiger partial charge is 0.255 e. The van der Waals surface area contributed by atoms with E-state index in [4.69, 9.17) is 15.2 Å². The maximum Gasteiger partial charge on any atom is 0.255 e. The minimum atomic E-state index is -0.792. The minimum Gasteiger partial charge on any atom is -0.484 e. The van der Waals surface area contributed by atoms with E-state index < -0.39 is 11.5 Å². The van der Waals surface area contributed by atoms with Gasteiger partial charge in [-0.1, -0.05) is 6.92 Å². The summed E-state index contributed by atoms with van der Waals surface area (Å²) in [5.41, 5.74) is 4.78. The van der Waals surface area contributed by atoms with Crippen LogP contribution in [-0.2, 0) is 9.53 Å². The van der Waals surface area contributed by atoms with Gasteiger partial charge in [-0.25, -0.2) is 0 Å². The highest BCUT2D eigenvalue weighted by Gasteiger charge is 2.39. The van der Waals surface area contributed by atoms with Crippen molar-refractivity contribution in [3.63, 3.8) is 0 Å². The van der Waals surface area contributed by atoms with E-state index in [9.17, 15) is 14.7 Å². The van der Waals surface area contributed by atoms with Crippen LogP contribution in [-0.4, -0.2) is 60.8 Å². The number of methoxy groups -OCH3 is 1. The number of nitrogens with two attached hydrogens (primary N) is 1. The number of piperidine rings is 1. The van der Waals surface area contributed by atoms with Crippen molar-refractivity contribution < 1.29 is 24.2 Å². The molecule has 0 unspecified atom stereocenters. The monoisotopic (exact) mass is 350 g/mol. The van der Waals surface area contributed by atoms with Crippen LogP contribution in [0.5, 0.6) is 5.75 Å². The molecule has 25 heavy (non-hydrogen) atoms. The number of primary amides is 1. The summed E-state index contributed by atoms with van der Waals surface area (Å²) in [6.45, 7) is 3.26. The number of benzene rings is 1. The zero-order chi connectivity index (χ0) is 18.4. The topological polar surface area (TPSA) is 102 Å². The third kappa shape index (κ3) is 4.93. The molecule has 7 nitrogen and oxygen atoms in total. The third-order valence-electron chi connectivity index (χ3n) is 4.73. The van der Waals surface area contributed by atoms with Crippen LogP contribution in [0.15, 0.2) is 24.3 Å². The molecule has 1 heterocycles. The Morgan fingerprint density at radius 1 is 1.36 bits per heavy atom. The average Bonchev–Trinajstić information content (AvgIpc) is 2.60. The lowest BCUT2D eigenvalue weighted by Gasteiger charge is -2.43. The second-order valence-corrected chi connectivity index (χ2v) is 6.53. The van der Waals surface area contributed by atoms with E-state index in [-0.39, 0.29) is 18.4 Å². The summed E-state index contributed by atoms with van der Waals surface area (Å²) >= 11 is 0. The normalized spacial score (nSPS) is 23.3. The summed E-state index contributed by atoms with van der Waals surface area (Å²) in [7, 11) is 1.61. The third-order valence-corrected chi connectivity index (χ3v) is 4.73. The Hall–Kier alpha value is -2.12. The van der Waals surface area contributed by atoms with Gasteiger partial charge in [0.25, 0.3) is 11.8 Å². The van der Waals surface area contributed by atoms with E-state index in [1.807, 2.05) is 6.92 Å². The van der Waals surface area contributed by atoms with Crippen LogP contribution in [0.3, 0.4) is 0 Å². The zero-order valence-corrected chi connectivity index (χ0v) is 14.7. The average molecular weight is 350 g/mol. The first kappa shape index (κ1) is 19.2. The first-order chi connectivity index (χ1) is 11.9. The van der Waals surface area contributed by atoms with E-state index in [1.54, 1.807) is 36.3 Å². The van der Waals surface area contributed by atoms with Gasteiger partial charge in [-0.3, -0.25) is 9.59 Å². The summed E-state index contributed by atoms with van der Waals surface area (Å²) in [6, 6.07) is 6.60. The molecule has 0 aliphatic carbocycles. The molecule has 3 N–H and O–H groups in total. The Bertz CT molecular complexity index is 604. The number of hydrogen-bond donors (Lipinski definition) is 2. The van der Waals surface area contributed by atoms with Crippen molar-refractivity contribution in [2.24, 2.45) is 11.7 Å². The molecular weight excluding hydrogens is 324 g/mol. The predicted octanol–water partition coefficient (Wildman–Crippen LogP) is 0.800. The highest BCUT2D eigenvalue weighted by atomic mass is 16.5. The van der Waals surface area contributed by atoms with E-state index in [0.29, 0.717) is 43.9 Å². The van der Waals surface area contributed by atoms with Gasteiger partial charge >= 0.3 is 0 Å². The van der Waals surface area contributed by atoms with Crippen molar-refractivity contribution in [2.75, 3.05) is 33.4 Å². The maximum atomic E-state index is 12.7. The Labute approximate surface area is 147 Å². The van der Waals surface area contributed by atoms with Crippen molar-refractivity contribution in [3.05, 3.63) is 29.8 Å². The van der Waals surface area contributed by atoms with Crippen molar-refractivity contribution in [2.45, 2.75) is 25.4 Å². The molecule has 1 aromatic carbocycles. The fourth-order valence-corrected chi connectivity index (χ4v) is 3.03. The van der Waals surface area contributed by atoms with Crippen molar-refractivity contribution in [1.82, 2.24) is 4.90 Å². The molecule has 0 radical (unpaired) electrons. The van der Waals surface area contributed by atoms with Crippen molar-refractivity contribution in [1.29, 1.82) is 0 Å². The lowest BCUT2D eigenvalue weighted by atomic mass is 9.79. The van der Waals surface area contributed by atoms with E-state index in [2.05, 4.69) is 0 Å². The van der Waals surface area contributed by atoms with Crippen LogP contribution in [0.1, 0.15) is 30.1 Å². The molecule has 0 saturated carbocycles. The highest BCUT2D eigenvalue weighted by molar-refractivity contribution is 5.94. The Kier molecular flexibility index (Phi) is 6.39. The second-order valence-electron chi connectivity index (χ2n) is 6.53. The Morgan fingerprint density at radius 2 is 2.04 bits per heavy atom. The van der Waals surface area contributed by atoms with Gasteiger partial charge in [-0.15, -0.1) is 0 Å². The van der Waals surface area contributed by atoms with Gasteiger partial charge in [-0.2, -0.15) is 0 Å². The largest absolute Gasteiger partial charge is 0.484 e. The van der Waals surface area contributed by atoms with Gasteiger partial charge in [0.15, 0.2) is 6.61 Å². The molecule has 2 amide bonds. The first-order valence-electron chi connectivity index (χ1n) is 8.37. The molecule has 0 bridgehead atoms. The highest BCUT2D eigenvalue weighted by Crippen LogP contribution is 2.31. The van der Waals surface area contributed by atoms with Gasteiger partial charge in [-0.05, 0) is 37.1 Å². The molecule has 0 spiro atoms. The number of carbonyl (C=O) groups is 2. The molecule has 1 saturated heterocycles. The van der Waals surface area contributed by atoms with Gasteiger partial charge in [0.2, 0.25) is 0 Å². The number of carbonyl (C=O) groups excluding carboxylic acids is 2. The Balaban J connectivity index is 1.96. The molecule has 1 aliphatic heterocycles. The summed E-state index contributed by atoms with van der Waals surface area (Å²) in [5, 5.41) is 10.7. The molecule has 138 valence electrons. The molecule has 0 aromatic heterocycles. The number of nitrogens with zero attached hydrogens (tertiary/aromatic N) is 1. The van der Waals surface area contributed by atoms with Gasteiger partial charge in [0.1, 0.15) is 5.75 Å². The maximum absolute atomic E-state index is 12.7. The standard InChI is InChI=1S/C18H26N2O5/c1-13-11-20(9-7-18(13,23)8-10-24-2)17(22)14-3-5-15(6-4-14)25-12-16(19)21/h3-6,13,23H,7-12H2,1-2H3,(H2,19,21)/t13-,18-/m1/s1. The van der Waals surface area contributed by atoms with Gasteiger partial charge in [0, 0.05) is 38.3 Å². The van der Waals surface area contributed by atoms with E-state index >= 15 is 0 Å². The van der Waals surface area contributed by atoms with Crippen molar-refractivity contribution >= 4 is 11.8 Å². The Morgan fingerprint density at radius 3 is 2.60 bits per heavy atom. The molecule has 1 aromatic rings. The fraction of sp³-hybridized carbons (Fsp3) is 0.556. The van der Waals surface area contributed by atoms with Crippen LogP contribution >= 0.6 is 0 Å². The summed E-state index contributed by atoms with van der Waals surface area (Å²) in [6.07, 6.45) is 1.10. The lowest BCUT2D eigenvalue weighted by Crippen LogP contribution is -2.52. The lowest BCUT2D eigenvalue weighted by molar-refractivity contribution is -0.119. The predicted molar refractivity (Wildman–Crippen MR) is 92.3 cm³/mol. The molecule has 2 atom stereocenters. The second kappa shape index (κ2) is 8.31. The number of amides is 2. The number of aliphatic hydroxyl groups is 1. The zero-order valence-electron chi connectivity index (χ0n) is 14.7. The van der Waals surface area contributed by atoms with Crippen LogP contribution in [0.25, 0.3) is 0 Å². The van der Waals surface area contributed by atoms with Gasteiger partial charge in [0.05, 0.1) is 5.60 Å². The number of hydrogen-bond acceptors (Lipinski definition) is 5. The van der Waals surface area contributed by atoms with Gasteiger partial charge < -0.3 is 25.2 Å². The summed E-state index contributed by atoms with van der Waals surface area (Å²) < 4.78 is 10.3. The minimum absolute atomic E-state index is 0.0291. The van der Waals surface area contributed by atoms with E-state index in [0.717, 1.165) is 0 Å². The molecular formula is C18H26N2O5. The van der Waals surface area contributed by atoms with Crippen LogP contribution < -0.4 is 10.5 Å². The van der Waals surface area contributed by atoms with E-state index in [1.165, 1.54) is 0 Å². The molecule has 7 heteroatoms. The van der Waals surface area contributed by atoms with Crippen molar-refractivity contribution in [3.8, 4) is 5.75 Å².